The fraction of sp³-hybridized carbons (Fsp3) is 0.417. The molecule has 1 aliphatic rings. The first-order chi connectivity index (χ1) is 8.54. The first-order valence-corrected chi connectivity index (χ1v) is 7.36. The molecule has 1 aromatic rings. The summed E-state index contributed by atoms with van der Waals surface area (Å²) in [7, 11) is -1.49. The van der Waals surface area contributed by atoms with E-state index in [1.165, 1.54) is 7.11 Å². The lowest BCUT2D eigenvalue weighted by atomic mass is 10.2. The van der Waals surface area contributed by atoms with Crippen molar-refractivity contribution in [1.29, 1.82) is 0 Å². The molecule has 1 atom stereocenters. The van der Waals surface area contributed by atoms with Crippen LogP contribution in [0.4, 0.5) is 0 Å². The van der Waals surface area contributed by atoms with E-state index in [1.807, 2.05) is 0 Å². The molecule has 2 rings (SSSR count). The van der Waals surface area contributed by atoms with Crippen LogP contribution in [0, 0.1) is 0 Å². The fourth-order valence-corrected chi connectivity index (χ4v) is 3.48. The third kappa shape index (κ3) is 2.81. The summed E-state index contributed by atoms with van der Waals surface area (Å²) in [6.07, 6.45) is 0.805. The van der Waals surface area contributed by atoms with Crippen molar-refractivity contribution in [3.05, 3.63) is 23.8 Å². The molecule has 0 spiro atoms. The molecular weight excluding hydrogens is 256 g/mol. The van der Waals surface area contributed by atoms with Crippen molar-refractivity contribution < 1.29 is 22.7 Å². The summed E-state index contributed by atoms with van der Waals surface area (Å²) in [6, 6.07) is 4.80. The minimum absolute atomic E-state index is 0.0153. The Labute approximate surface area is 106 Å². The number of sulfone groups is 1. The molecule has 0 bridgehead atoms. The van der Waals surface area contributed by atoms with Crippen molar-refractivity contribution in [3.8, 4) is 11.5 Å². The van der Waals surface area contributed by atoms with Crippen LogP contribution in [0.3, 0.4) is 0 Å². The lowest BCUT2D eigenvalue weighted by Crippen LogP contribution is -2.18. The molecule has 0 radical (unpaired) electrons. The summed E-state index contributed by atoms with van der Waals surface area (Å²) in [5.41, 5.74) is 0.464. The van der Waals surface area contributed by atoms with Gasteiger partial charge in [0.1, 0.15) is 12.4 Å². The highest BCUT2D eigenvalue weighted by Crippen LogP contribution is 2.30. The largest absolute Gasteiger partial charge is 0.493 e. The molecule has 18 heavy (non-hydrogen) atoms. The number of carbonyl (C=O) groups excluding carboxylic acids is 1. The first kappa shape index (κ1) is 12.9. The first-order valence-electron chi connectivity index (χ1n) is 5.54. The van der Waals surface area contributed by atoms with E-state index < -0.39 is 9.84 Å². The summed E-state index contributed by atoms with van der Waals surface area (Å²) in [5.74, 6) is 1.06. The minimum atomic E-state index is -2.99. The molecule has 1 unspecified atom stereocenters. The highest BCUT2D eigenvalue weighted by Gasteiger charge is 2.30. The number of aldehydes is 1. The number of rotatable bonds is 4. The van der Waals surface area contributed by atoms with Gasteiger partial charge in [0.15, 0.2) is 21.3 Å². The van der Waals surface area contributed by atoms with Gasteiger partial charge < -0.3 is 9.47 Å². The number of methoxy groups -OCH3 is 1. The maximum Gasteiger partial charge on any atom is 0.162 e. The van der Waals surface area contributed by atoms with Gasteiger partial charge in [-0.25, -0.2) is 8.42 Å². The molecule has 1 aromatic carbocycles. The van der Waals surface area contributed by atoms with Crippen LogP contribution in [-0.4, -0.2) is 39.4 Å². The average molecular weight is 270 g/mol. The van der Waals surface area contributed by atoms with Crippen molar-refractivity contribution in [2.45, 2.75) is 12.5 Å². The normalized spacial score (nSPS) is 21.5. The molecule has 0 aliphatic carbocycles. The van der Waals surface area contributed by atoms with Gasteiger partial charge in [0.2, 0.25) is 0 Å². The monoisotopic (exact) mass is 270 g/mol. The van der Waals surface area contributed by atoms with Crippen molar-refractivity contribution >= 4 is 16.1 Å². The molecule has 0 N–H and O–H groups in total. The maximum atomic E-state index is 11.3. The Morgan fingerprint density at radius 1 is 1.33 bits per heavy atom. The Bertz CT molecular complexity index is 550. The third-order valence-corrected chi connectivity index (χ3v) is 4.55. The van der Waals surface area contributed by atoms with Gasteiger partial charge in [-0.1, -0.05) is 0 Å². The van der Waals surface area contributed by atoms with Crippen LogP contribution in [0.1, 0.15) is 16.8 Å². The standard InChI is InChI=1S/C12H14O5S/c1-16-11-3-2-9(7-13)6-12(11)17-10-4-5-18(14,15)8-10/h2-3,6-7,10H,4-5,8H2,1H3. The lowest BCUT2D eigenvalue weighted by Gasteiger charge is -2.15. The van der Waals surface area contributed by atoms with Crippen molar-refractivity contribution in [2.24, 2.45) is 0 Å². The topological polar surface area (TPSA) is 69.7 Å². The van der Waals surface area contributed by atoms with Gasteiger partial charge in [-0.15, -0.1) is 0 Å². The van der Waals surface area contributed by atoms with Gasteiger partial charge >= 0.3 is 0 Å². The number of ether oxygens (including phenoxy) is 2. The summed E-state index contributed by atoms with van der Waals surface area (Å²) in [6.45, 7) is 0. The Morgan fingerprint density at radius 3 is 2.67 bits per heavy atom. The van der Waals surface area contributed by atoms with E-state index in [1.54, 1.807) is 18.2 Å². The molecule has 1 heterocycles. The van der Waals surface area contributed by atoms with Crippen LogP contribution in [0.25, 0.3) is 0 Å². The molecule has 0 aromatic heterocycles. The Balaban J connectivity index is 2.20. The van der Waals surface area contributed by atoms with Gasteiger partial charge in [-0.05, 0) is 24.6 Å². The molecule has 1 aliphatic heterocycles. The van der Waals surface area contributed by atoms with Crippen LogP contribution >= 0.6 is 0 Å². The van der Waals surface area contributed by atoms with Crippen LogP contribution in [0.15, 0.2) is 18.2 Å². The Hall–Kier alpha value is -1.56. The summed E-state index contributed by atoms with van der Waals surface area (Å²) in [4.78, 5) is 10.7. The van der Waals surface area contributed by atoms with Gasteiger partial charge in [-0.2, -0.15) is 0 Å². The second-order valence-corrected chi connectivity index (χ2v) is 6.40. The smallest absolute Gasteiger partial charge is 0.162 e. The van der Waals surface area contributed by atoms with Crippen molar-refractivity contribution in [2.75, 3.05) is 18.6 Å². The predicted molar refractivity (Wildman–Crippen MR) is 66.1 cm³/mol. The molecule has 0 amide bonds. The molecule has 6 heteroatoms. The van der Waals surface area contributed by atoms with E-state index in [-0.39, 0.29) is 17.6 Å². The number of carbonyl (C=O) groups is 1. The van der Waals surface area contributed by atoms with Crippen molar-refractivity contribution in [3.63, 3.8) is 0 Å². The average Bonchev–Trinajstić information content (AvgIpc) is 2.68. The van der Waals surface area contributed by atoms with E-state index in [2.05, 4.69) is 0 Å². The van der Waals surface area contributed by atoms with E-state index in [9.17, 15) is 13.2 Å². The zero-order chi connectivity index (χ0) is 13.2. The number of hydrogen-bond acceptors (Lipinski definition) is 5. The van der Waals surface area contributed by atoms with Crippen LogP contribution < -0.4 is 9.47 Å². The molecule has 1 saturated heterocycles. The highest BCUT2D eigenvalue weighted by atomic mass is 32.2. The Kier molecular flexibility index (Phi) is 3.56. The fourth-order valence-electron chi connectivity index (χ4n) is 1.89. The summed E-state index contributed by atoms with van der Waals surface area (Å²) >= 11 is 0. The second-order valence-electron chi connectivity index (χ2n) is 4.17. The predicted octanol–water partition coefficient (Wildman–Crippen LogP) is 1.07. The maximum absolute atomic E-state index is 11.3. The molecule has 5 nitrogen and oxygen atoms in total. The third-order valence-electron chi connectivity index (χ3n) is 2.81. The SMILES string of the molecule is COc1ccc(C=O)cc1OC1CCS(=O)(=O)C1. The second kappa shape index (κ2) is 4.97. The Morgan fingerprint density at radius 2 is 2.11 bits per heavy atom. The zero-order valence-electron chi connectivity index (χ0n) is 9.96. The van der Waals surface area contributed by atoms with Gasteiger partial charge in [0.25, 0.3) is 0 Å². The summed E-state index contributed by atoms with van der Waals surface area (Å²) in [5, 5.41) is 0. The zero-order valence-corrected chi connectivity index (χ0v) is 10.8. The molecule has 98 valence electrons. The van der Waals surface area contributed by atoms with Gasteiger partial charge in [0.05, 0.1) is 18.6 Å². The van der Waals surface area contributed by atoms with Gasteiger partial charge in [-0.3, -0.25) is 4.79 Å². The van der Waals surface area contributed by atoms with Gasteiger partial charge in [0, 0.05) is 5.56 Å². The summed E-state index contributed by atoms with van der Waals surface area (Å²) < 4.78 is 33.4. The number of hydrogen-bond donors (Lipinski definition) is 0. The van der Waals surface area contributed by atoms with Crippen LogP contribution in [0.2, 0.25) is 0 Å². The molecular formula is C12H14O5S. The van der Waals surface area contributed by atoms with E-state index in [4.69, 9.17) is 9.47 Å². The minimum Gasteiger partial charge on any atom is -0.493 e. The van der Waals surface area contributed by atoms with Crippen LogP contribution in [0.5, 0.6) is 11.5 Å². The van der Waals surface area contributed by atoms with Crippen LogP contribution in [-0.2, 0) is 9.84 Å². The highest BCUT2D eigenvalue weighted by molar-refractivity contribution is 7.91. The lowest BCUT2D eigenvalue weighted by molar-refractivity contribution is 0.112. The molecule has 1 fully saturated rings. The van der Waals surface area contributed by atoms with E-state index >= 15 is 0 Å². The number of benzene rings is 1. The van der Waals surface area contributed by atoms with E-state index in [0.29, 0.717) is 29.8 Å². The quantitative estimate of drug-likeness (QED) is 0.765. The van der Waals surface area contributed by atoms with Crippen molar-refractivity contribution in [1.82, 2.24) is 0 Å². The van der Waals surface area contributed by atoms with E-state index in [0.717, 1.165) is 0 Å². The molecule has 0 saturated carbocycles.